The minimum Gasteiger partial charge on any atom is -0.458 e. The minimum atomic E-state index is -0.805. The van der Waals surface area contributed by atoms with E-state index in [1.807, 2.05) is 0 Å². The average Bonchev–Trinajstić information content (AvgIpc) is 2.67. The zero-order valence-corrected chi connectivity index (χ0v) is 12.1. The van der Waals surface area contributed by atoms with Crippen LogP contribution in [0.3, 0.4) is 0 Å². The molecule has 1 aromatic rings. The van der Waals surface area contributed by atoms with Gasteiger partial charge in [0.25, 0.3) is 5.56 Å². The third-order valence-corrected chi connectivity index (χ3v) is 3.85. The number of ether oxygens (including phenoxy) is 2. The SMILES string of the molecule is CC(=O)O[C@H]1[C@@H](Br)[C@H](n2ccc(=O)[nH]c2=O)O[C@@H]1CO. The molecule has 110 valence electrons. The first-order valence-electron chi connectivity index (χ1n) is 5.83. The van der Waals surface area contributed by atoms with Crippen molar-refractivity contribution in [3.63, 3.8) is 0 Å². The lowest BCUT2D eigenvalue weighted by molar-refractivity contribution is -0.150. The molecule has 4 atom stereocenters. The van der Waals surface area contributed by atoms with Gasteiger partial charge in [0.2, 0.25) is 0 Å². The van der Waals surface area contributed by atoms with E-state index < -0.39 is 40.5 Å². The highest BCUT2D eigenvalue weighted by Gasteiger charge is 2.46. The van der Waals surface area contributed by atoms with Crippen molar-refractivity contribution in [2.45, 2.75) is 30.2 Å². The van der Waals surface area contributed by atoms with Crippen molar-refractivity contribution in [1.29, 1.82) is 0 Å². The Bertz CT molecular complexity index is 611. The van der Waals surface area contributed by atoms with E-state index in [1.165, 1.54) is 19.2 Å². The molecule has 20 heavy (non-hydrogen) atoms. The normalized spacial score (nSPS) is 29.4. The molecule has 8 nitrogen and oxygen atoms in total. The van der Waals surface area contributed by atoms with Crippen molar-refractivity contribution < 1.29 is 19.4 Å². The van der Waals surface area contributed by atoms with Crippen LogP contribution in [-0.2, 0) is 14.3 Å². The molecule has 1 fully saturated rings. The largest absolute Gasteiger partial charge is 0.458 e. The number of carbonyl (C=O) groups excluding carboxylic acids is 1. The number of nitrogens with one attached hydrogen (secondary N) is 1. The van der Waals surface area contributed by atoms with E-state index in [9.17, 15) is 19.5 Å². The summed E-state index contributed by atoms with van der Waals surface area (Å²) in [7, 11) is 0. The molecular weight excluding hydrogens is 336 g/mol. The Morgan fingerprint density at radius 1 is 1.60 bits per heavy atom. The van der Waals surface area contributed by atoms with Gasteiger partial charge in [0, 0.05) is 19.2 Å². The van der Waals surface area contributed by atoms with E-state index in [-0.39, 0.29) is 6.61 Å². The summed E-state index contributed by atoms with van der Waals surface area (Å²) in [6.45, 7) is 0.877. The fourth-order valence-electron chi connectivity index (χ4n) is 2.03. The third-order valence-electron chi connectivity index (χ3n) is 2.87. The van der Waals surface area contributed by atoms with Gasteiger partial charge in [-0.2, -0.15) is 0 Å². The molecule has 0 amide bonds. The van der Waals surface area contributed by atoms with Gasteiger partial charge in [-0.1, -0.05) is 15.9 Å². The first-order chi connectivity index (χ1) is 9.43. The third kappa shape index (κ3) is 2.84. The van der Waals surface area contributed by atoms with Crippen LogP contribution in [0.15, 0.2) is 21.9 Å². The molecular formula is C11H13BrN2O6. The molecule has 1 aromatic heterocycles. The second-order valence-corrected chi connectivity index (χ2v) is 5.34. The molecule has 0 radical (unpaired) electrons. The Labute approximate surface area is 121 Å². The number of halogens is 1. The fraction of sp³-hybridized carbons (Fsp3) is 0.545. The van der Waals surface area contributed by atoms with E-state index in [0.29, 0.717) is 0 Å². The van der Waals surface area contributed by atoms with Gasteiger partial charge in [-0.25, -0.2) is 4.79 Å². The van der Waals surface area contributed by atoms with Crippen LogP contribution in [0.1, 0.15) is 13.2 Å². The molecule has 2 rings (SSSR count). The van der Waals surface area contributed by atoms with Crippen molar-refractivity contribution in [2.75, 3.05) is 6.61 Å². The molecule has 0 spiro atoms. The molecule has 1 aliphatic heterocycles. The van der Waals surface area contributed by atoms with Gasteiger partial charge in [0.05, 0.1) is 11.4 Å². The zero-order chi connectivity index (χ0) is 14.9. The number of rotatable bonds is 3. The summed E-state index contributed by atoms with van der Waals surface area (Å²) in [4.78, 5) is 35.4. The van der Waals surface area contributed by atoms with Crippen molar-refractivity contribution in [1.82, 2.24) is 9.55 Å². The predicted octanol–water partition coefficient (Wildman–Crippen LogP) is -0.878. The van der Waals surface area contributed by atoms with Crippen molar-refractivity contribution in [2.24, 2.45) is 0 Å². The van der Waals surface area contributed by atoms with Gasteiger partial charge < -0.3 is 14.6 Å². The van der Waals surface area contributed by atoms with Crippen molar-refractivity contribution in [3.8, 4) is 0 Å². The highest BCUT2D eigenvalue weighted by Crippen LogP contribution is 2.35. The van der Waals surface area contributed by atoms with Crippen molar-refractivity contribution >= 4 is 21.9 Å². The summed E-state index contributed by atoms with van der Waals surface area (Å²) >= 11 is 3.31. The smallest absolute Gasteiger partial charge is 0.330 e. The van der Waals surface area contributed by atoms with E-state index >= 15 is 0 Å². The number of hydrogen-bond acceptors (Lipinski definition) is 6. The highest BCUT2D eigenvalue weighted by atomic mass is 79.9. The van der Waals surface area contributed by atoms with Crippen LogP contribution < -0.4 is 11.2 Å². The van der Waals surface area contributed by atoms with Gasteiger partial charge in [-0.05, 0) is 0 Å². The lowest BCUT2D eigenvalue weighted by atomic mass is 10.2. The molecule has 2 heterocycles. The topological polar surface area (TPSA) is 111 Å². The number of alkyl halides is 1. The van der Waals surface area contributed by atoms with E-state index in [2.05, 4.69) is 20.9 Å². The second-order valence-electron chi connectivity index (χ2n) is 4.28. The Morgan fingerprint density at radius 3 is 2.85 bits per heavy atom. The predicted molar refractivity (Wildman–Crippen MR) is 70.6 cm³/mol. The quantitative estimate of drug-likeness (QED) is 0.542. The molecule has 0 unspecified atom stereocenters. The fourth-order valence-corrected chi connectivity index (χ4v) is 2.85. The van der Waals surface area contributed by atoms with Gasteiger partial charge in [-0.3, -0.25) is 19.1 Å². The van der Waals surface area contributed by atoms with Gasteiger partial charge in [0.1, 0.15) is 12.2 Å². The molecule has 0 bridgehead atoms. The van der Waals surface area contributed by atoms with E-state index in [0.717, 1.165) is 4.57 Å². The van der Waals surface area contributed by atoms with Crippen LogP contribution in [0.4, 0.5) is 0 Å². The summed E-state index contributed by atoms with van der Waals surface area (Å²) in [6, 6.07) is 1.18. The molecule has 1 saturated heterocycles. The number of aliphatic hydroxyl groups excluding tert-OH is 1. The first kappa shape index (κ1) is 14.9. The Kier molecular flexibility index (Phi) is 4.41. The molecule has 1 aliphatic rings. The molecule has 9 heteroatoms. The van der Waals surface area contributed by atoms with Crippen LogP contribution in [0, 0.1) is 0 Å². The number of nitrogens with zero attached hydrogens (tertiary/aromatic N) is 1. The maximum absolute atomic E-state index is 11.7. The monoisotopic (exact) mass is 348 g/mol. The number of esters is 1. The van der Waals surface area contributed by atoms with Crippen molar-refractivity contribution in [3.05, 3.63) is 33.1 Å². The zero-order valence-electron chi connectivity index (χ0n) is 10.5. The summed E-state index contributed by atoms with van der Waals surface area (Å²) in [5, 5.41) is 9.26. The number of aromatic amines is 1. The Hall–Kier alpha value is -1.45. The van der Waals surface area contributed by atoms with Crippen LogP contribution in [0.25, 0.3) is 0 Å². The lowest BCUT2D eigenvalue weighted by Gasteiger charge is -2.18. The van der Waals surface area contributed by atoms with Gasteiger partial charge in [-0.15, -0.1) is 0 Å². The van der Waals surface area contributed by atoms with Gasteiger partial charge >= 0.3 is 11.7 Å². The summed E-state index contributed by atoms with van der Waals surface area (Å²) in [5.41, 5.74) is -1.17. The molecule has 0 saturated carbocycles. The molecule has 0 aromatic carbocycles. The van der Waals surface area contributed by atoms with Crippen LogP contribution >= 0.6 is 15.9 Å². The number of hydrogen-bond donors (Lipinski definition) is 2. The summed E-state index contributed by atoms with van der Waals surface area (Å²) < 4.78 is 11.8. The molecule has 0 aliphatic carbocycles. The van der Waals surface area contributed by atoms with Gasteiger partial charge in [0.15, 0.2) is 6.23 Å². The molecule has 2 N–H and O–H groups in total. The first-order valence-corrected chi connectivity index (χ1v) is 6.74. The van der Waals surface area contributed by atoms with E-state index in [4.69, 9.17) is 9.47 Å². The Balaban J connectivity index is 2.32. The minimum absolute atomic E-state index is 0.366. The number of H-pyrrole nitrogens is 1. The number of aromatic nitrogens is 2. The summed E-state index contributed by atoms with van der Waals surface area (Å²) in [5.74, 6) is -0.518. The maximum atomic E-state index is 11.7. The van der Waals surface area contributed by atoms with E-state index in [1.54, 1.807) is 0 Å². The average molecular weight is 349 g/mol. The number of aliphatic hydroxyl groups is 1. The summed E-state index contributed by atoms with van der Waals surface area (Å²) in [6.07, 6.45) is -1.01. The number of carbonyl (C=O) groups is 1. The van der Waals surface area contributed by atoms with Crippen LogP contribution in [0.2, 0.25) is 0 Å². The van der Waals surface area contributed by atoms with Crippen LogP contribution in [0.5, 0.6) is 0 Å². The maximum Gasteiger partial charge on any atom is 0.330 e. The van der Waals surface area contributed by atoms with Crippen LogP contribution in [-0.4, -0.2) is 44.3 Å². The second kappa shape index (κ2) is 5.90. The Morgan fingerprint density at radius 2 is 2.30 bits per heavy atom. The standard InChI is InChI=1S/C11H13BrN2O6/c1-5(16)19-9-6(4-15)20-10(8(9)12)14-3-2-7(17)13-11(14)18/h2-3,6,8-10,15H,4H2,1H3,(H,13,17,18)/t6-,8-,9-,10-/m1/s1. The highest BCUT2D eigenvalue weighted by molar-refractivity contribution is 9.09. The lowest BCUT2D eigenvalue weighted by Crippen LogP contribution is -2.36.